The summed E-state index contributed by atoms with van der Waals surface area (Å²) in [6.07, 6.45) is 11.7. The molecule has 15 nitrogen and oxygen atoms in total. The van der Waals surface area contributed by atoms with Gasteiger partial charge in [0.2, 0.25) is 5.79 Å². The summed E-state index contributed by atoms with van der Waals surface area (Å²) in [5.74, 6) is -7.89. The molecule has 2 N–H and O–H groups in total. The van der Waals surface area contributed by atoms with Crippen LogP contribution in [-0.4, -0.2) is 146 Å². The number of hydrogen-bond donors (Lipinski definition) is 2. The summed E-state index contributed by atoms with van der Waals surface area (Å²) in [6.45, 7) is 14.3. The molecule has 1 amide bonds. The van der Waals surface area contributed by atoms with Crippen LogP contribution < -0.4 is 0 Å². The first-order valence-corrected chi connectivity index (χ1v) is 25.8. The lowest BCUT2D eigenvalue weighted by atomic mass is 9.78. The molecule has 1 saturated carbocycles. The Hall–Kier alpha value is -3.15. The second-order valence-electron chi connectivity index (χ2n) is 21.3. The number of fused-ring (bicyclic) bond motifs is 3. The van der Waals surface area contributed by atoms with Gasteiger partial charge in [-0.3, -0.25) is 19.2 Å². The van der Waals surface area contributed by atoms with E-state index in [1.807, 2.05) is 58.1 Å². The van der Waals surface area contributed by atoms with Gasteiger partial charge in [-0.2, -0.15) is 0 Å². The van der Waals surface area contributed by atoms with Gasteiger partial charge >= 0.3 is 5.97 Å². The van der Waals surface area contributed by atoms with Crippen LogP contribution in [0.1, 0.15) is 132 Å². The van der Waals surface area contributed by atoms with Crippen LogP contribution in [0.15, 0.2) is 36.0 Å². The maximum Gasteiger partial charge on any atom is 0.329 e. The average molecular weight is 972 g/mol. The van der Waals surface area contributed by atoms with Gasteiger partial charge in [0.15, 0.2) is 5.78 Å². The molecule has 4 fully saturated rings. The molecule has 4 heterocycles. The van der Waals surface area contributed by atoms with Gasteiger partial charge < -0.3 is 48.3 Å². The summed E-state index contributed by atoms with van der Waals surface area (Å²) >= 11 is 0. The molecule has 5 aliphatic rings. The van der Waals surface area contributed by atoms with E-state index in [4.69, 9.17) is 33.2 Å². The van der Waals surface area contributed by atoms with Crippen molar-refractivity contribution in [2.24, 2.45) is 41.4 Å². The zero-order valence-electron chi connectivity index (χ0n) is 43.2. The van der Waals surface area contributed by atoms with Crippen LogP contribution in [0, 0.1) is 41.4 Å². The number of hydrogen-bond acceptors (Lipinski definition) is 14. The summed E-state index contributed by atoms with van der Waals surface area (Å²) in [7, 11) is 4.69. The summed E-state index contributed by atoms with van der Waals surface area (Å²) in [6, 6.07) is -1.12. The predicted octanol–water partition coefficient (Wildman–Crippen LogP) is 6.68. The van der Waals surface area contributed by atoms with E-state index in [9.17, 15) is 34.2 Å². The summed E-state index contributed by atoms with van der Waals surface area (Å²) in [4.78, 5) is 72.4. The molecule has 390 valence electrons. The number of amides is 1. The largest absolute Gasteiger partial charge is 0.460 e. The highest BCUT2D eigenvalue weighted by molar-refractivity contribution is 6.39. The first-order chi connectivity index (χ1) is 32.8. The SMILES string of the molecule is COC1CC(C[C@H](C)[C@@H]2CC(=O)[C@H](C)CC(C)C(O)[C@@H](OC)C(=O)[C@H](C)C[C@H](C)/C=C/C=CC=C(C)[C@@H](OC)C[C@@H]3CC[C@@H](C)[C@@](O)(O3)C(=O)C(=O)N3CCCC[C@H]3C(=O)O2)CCC1OC1COC1. The summed E-state index contributed by atoms with van der Waals surface area (Å²) in [5, 5.41) is 23.6. The molecule has 0 radical (unpaired) electrons. The van der Waals surface area contributed by atoms with Crippen molar-refractivity contribution in [1.29, 1.82) is 0 Å². The molecule has 5 unspecified atom stereocenters. The minimum absolute atomic E-state index is 0.0356. The van der Waals surface area contributed by atoms with Gasteiger partial charge in [0, 0.05) is 58.5 Å². The Kier molecular flexibility index (Phi) is 21.8. The molecular formula is C54H85NO14. The van der Waals surface area contributed by atoms with Crippen molar-refractivity contribution in [1.82, 2.24) is 4.90 Å². The molecule has 4 aliphatic heterocycles. The molecule has 0 aromatic heterocycles. The van der Waals surface area contributed by atoms with Crippen molar-refractivity contribution in [3.63, 3.8) is 0 Å². The molecule has 16 atom stereocenters. The van der Waals surface area contributed by atoms with E-state index in [2.05, 4.69) is 0 Å². The number of ketones is 3. The lowest BCUT2D eigenvalue weighted by Gasteiger charge is -2.43. The Labute approximate surface area is 411 Å². The minimum Gasteiger partial charge on any atom is -0.460 e. The van der Waals surface area contributed by atoms with Crippen LogP contribution in [0.2, 0.25) is 0 Å². The Balaban J connectivity index is 1.43. The van der Waals surface area contributed by atoms with E-state index < -0.39 is 83.7 Å². The van der Waals surface area contributed by atoms with Gasteiger partial charge in [-0.25, -0.2) is 4.79 Å². The third-order valence-corrected chi connectivity index (χ3v) is 15.8. The van der Waals surface area contributed by atoms with E-state index >= 15 is 0 Å². The maximum atomic E-state index is 14.5. The van der Waals surface area contributed by atoms with Gasteiger partial charge in [0.05, 0.1) is 43.7 Å². The highest BCUT2D eigenvalue weighted by Crippen LogP contribution is 2.38. The van der Waals surface area contributed by atoms with Gasteiger partial charge in [-0.15, -0.1) is 0 Å². The normalized spacial score (nSPS) is 39.2. The number of Topliss-reactive ketones (excluding diaryl/α,β-unsaturated/α-hetero) is 3. The van der Waals surface area contributed by atoms with E-state index in [1.54, 1.807) is 35.0 Å². The molecule has 15 heteroatoms. The van der Waals surface area contributed by atoms with Crippen LogP contribution >= 0.6 is 0 Å². The minimum atomic E-state index is -2.42. The molecule has 0 aromatic carbocycles. The van der Waals surface area contributed by atoms with E-state index in [-0.39, 0.29) is 73.4 Å². The third-order valence-electron chi connectivity index (χ3n) is 15.8. The van der Waals surface area contributed by atoms with Gasteiger partial charge in [-0.05, 0) is 107 Å². The van der Waals surface area contributed by atoms with E-state index in [1.165, 1.54) is 12.0 Å². The fraction of sp³-hybridized carbons (Fsp3) is 0.796. The van der Waals surface area contributed by atoms with E-state index in [0.717, 1.165) is 24.8 Å². The standard InChI is InChI=1S/C54H85NO14/c1-32-16-12-11-13-17-33(2)45(63-8)28-40-21-19-38(7)54(62,69-40)51(59)52(60)55-23-15-14-18-42(55)53(61)68-46(35(4)26-39-20-22-44(47(27-39)64-9)67-41-30-66-31-41)29-43(56)34(3)25-37(6)49(58)50(65-10)48(57)36(5)24-32/h11-13,16-17,32,34-42,44-47,49-50,58,62H,14-15,18-31H2,1-10H3/b13-11?,16-12+,33-17?/t32-,34-,35+,36-,37?,38-,39?,40+,42+,44?,45+,46+,47?,49?,50+,54-/m1/s1. The number of rotatable bonds is 8. The lowest BCUT2D eigenvalue weighted by molar-refractivity contribution is -0.265. The van der Waals surface area contributed by atoms with Gasteiger partial charge in [0.25, 0.3) is 11.7 Å². The number of ether oxygens (including phenoxy) is 7. The Morgan fingerprint density at radius 2 is 1.57 bits per heavy atom. The van der Waals surface area contributed by atoms with Crippen molar-refractivity contribution in [3.8, 4) is 0 Å². The number of nitrogens with zero attached hydrogens (tertiary/aromatic N) is 1. The van der Waals surface area contributed by atoms with E-state index in [0.29, 0.717) is 58.2 Å². The number of piperidine rings is 1. The topological polar surface area (TPSA) is 194 Å². The van der Waals surface area contributed by atoms with Crippen LogP contribution in [0.4, 0.5) is 0 Å². The third kappa shape index (κ3) is 15.0. The number of cyclic esters (lactones) is 1. The van der Waals surface area contributed by atoms with Crippen LogP contribution in [-0.2, 0) is 57.1 Å². The first-order valence-electron chi connectivity index (χ1n) is 25.8. The molecule has 1 aliphatic carbocycles. The molecule has 69 heavy (non-hydrogen) atoms. The number of methoxy groups -OCH3 is 3. The van der Waals surface area contributed by atoms with Crippen molar-refractivity contribution >= 4 is 29.2 Å². The number of aliphatic hydroxyl groups excluding tert-OH is 1. The Bertz CT molecular complexity index is 1810. The zero-order valence-corrected chi connectivity index (χ0v) is 43.2. The predicted molar refractivity (Wildman–Crippen MR) is 259 cm³/mol. The highest BCUT2D eigenvalue weighted by atomic mass is 16.6. The number of carbonyl (C=O) groups excluding carboxylic acids is 5. The fourth-order valence-electron chi connectivity index (χ4n) is 11.1. The first kappa shape index (κ1) is 56.8. The second-order valence-corrected chi connectivity index (χ2v) is 21.3. The molecule has 0 aromatic rings. The van der Waals surface area contributed by atoms with Crippen molar-refractivity contribution in [2.45, 2.75) is 193 Å². The van der Waals surface area contributed by atoms with Gasteiger partial charge in [-0.1, -0.05) is 71.9 Å². The summed E-state index contributed by atoms with van der Waals surface area (Å²) in [5.41, 5.74) is 0.889. The molecular weight excluding hydrogens is 887 g/mol. The zero-order chi connectivity index (χ0) is 50.6. The quantitative estimate of drug-likeness (QED) is 0.193. The second kappa shape index (κ2) is 26.5. The van der Waals surface area contributed by atoms with Gasteiger partial charge in [0.1, 0.15) is 30.1 Å². The molecule has 5 rings (SSSR count). The van der Waals surface area contributed by atoms with Crippen molar-refractivity contribution in [2.75, 3.05) is 41.1 Å². The fourth-order valence-corrected chi connectivity index (χ4v) is 11.1. The monoisotopic (exact) mass is 972 g/mol. The number of esters is 1. The number of allylic oxidation sites excluding steroid dienone is 5. The lowest BCUT2D eigenvalue weighted by Crippen LogP contribution is -2.61. The van der Waals surface area contributed by atoms with Crippen LogP contribution in [0.5, 0.6) is 0 Å². The van der Waals surface area contributed by atoms with Crippen molar-refractivity contribution in [3.05, 3.63) is 36.0 Å². The molecule has 2 bridgehead atoms. The summed E-state index contributed by atoms with van der Waals surface area (Å²) < 4.78 is 41.6. The smallest absolute Gasteiger partial charge is 0.329 e. The molecule has 0 spiro atoms. The Morgan fingerprint density at radius 1 is 0.826 bits per heavy atom. The average Bonchev–Trinajstić information content (AvgIpc) is 3.31. The van der Waals surface area contributed by atoms with Crippen LogP contribution in [0.25, 0.3) is 0 Å². The molecule has 3 saturated heterocycles. The number of carbonyl (C=O) groups is 5. The number of aliphatic hydroxyl groups is 2. The maximum absolute atomic E-state index is 14.5. The highest BCUT2D eigenvalue weighted by Gasteiger charge is 2.53. The van der Waals surface area contributed by atoms with Crippen molar-refractivity contribution < 1.29 is 67.3 Å². The van der Waals surface area contributed by atoms with Crippen LogP contribution in [0.3, 0.4) is 0 Å². The Morgan fingerprint density at radius 3 is 2.23 bits per heavy atom.